The molecule has 0 N–H and O–H groups in total. The highest BCUT2D eigenvalue weighted by Crippen LogP contribution is 2.33. The normalized spacial score (nSPS) is 10.6. The summed E-state index contributed by atoms with van der Waals surface area (Å²) in [5.74, 6) is 0.0787. The van der Waals surface area contributed by atoms with E-state index < -0.39 is 0 Å². The summed E-state index contributed by atoms with van der Waals surface area (Å²) in [6.45, 7) is 0.0860. The van der Waals surface area contributed by atoms with Crippen molar-refractivity contribution in [2.24, 2.45) is 0 Å². The van der Waals surface area contributed by atoms with Crippen LogP contribution in [0.15, 0.2) is 41.3 Å². The molecule has 0 unspecified atom stereocenters. The zero-order valence-electron chi connectivity index (χ0n) is 13.4. The second kappa shape index (κ2) is 7.70. The average molecular weight is 351 g/mol. The fourth-order valence-corrected chi connectivity index (χ4v) is 3.45. The minimum absolute atomic E-state index is 0.0860. The summed E-state index contributed by atoms with van der Waals surface area (Å²) in [7, 11) is 4.99. The Morgan fingerprint density at radius 2 is 1.70 bits per heavy atom. The van der Waals surface area contributed by atoms with Gasteiger partial charge in [-0.25, -0.2) is 0 Å². The van der Waals surface area contributed by atoms with Gasteiger partial charge in [0, 0.05) is 36.4 Å². The number of fused-ring (bicyclic) bond motifs is 1. The third-order valence-corrected chi connectivity index (χ3v) is 4.82. The summed E-state index contributed by atoms with van der Waals surface area (Å²) >= 11 is 7.72. The van der Waals surface area contributed by atoms with Crippen molar-refractivity contribution in [1.29, 1.82) is 0 Å². The summed E-state index contributed by atoms with van der Waals surface area (Å²) in [5.41, 5.74) is 0. The van der Waals surface area contributed by atoms with Crippen LogP contribution in [0.1, 0.15) is 0 Å². The molecule has 2 aromatic rings. The molecule has 6 heteroatoms. The topological polar surface area (TPSA) is 40.6 Å². The minimum atomic E-state index is -0.0981. The van der Waals surface area contributed by atoms with E-state index in [4.69, 9.17) is 11.6 Å². The lowest BCUT2D eigenvalue weighted by molar-refractivity contribution is -0.136. The highest BCUT2D eigenvalue weighted by atomic mass is 35.5. The van der Waals surface area contributed by atoms with Crippen molar-refractivity contribution in [3.8, 4) is 0 Å². The molecular weight excluding hydrogens is 332 g/mol. The number of amides is 2. The van der Waals surface area contributed by atoms with Crippen LogP contribution in [0.2, 0.25) is 5.02 Å². The van der Waals surface area contributed by atoms with E-state index in [-0.39, 0.29) is 24.1 Å². The monoisotopic (exact) mass is 350 g/mol. The summed E-state index contributed by atoms with van der Waals surface area (Å²) in [4.78, 5) is 27.7. The van der Waals surface area contributed by atoms with E-state index in [2.05, 4.69) is 0 Å². The number of hydrogen-bond donors (Lipinski definition) is 0. The van der Waals surface area contributed by atoms with E-state index in [1.807, 2.05) is 36.4 Å². The molecule has 0 fully saturated rings. The van der Waals surface area contributed by atoms with E-state index in [9.17, 15) is 9.59 Å². The summed E-state index contributed by atoms with van der Waals surface area (Å²) in [5, 5.41) is 2.68. The molecule has 0 saturated carbocycles. The van der Waals surface area contributed by atoms with Gasteiger partial charge in [-0.1, -0.05) is 35.9 Å². The number of hydrogen-bond acceptors (Lipinski definition) is 3. The van der Waals surface area contributed by atoms with E-state index in [1.54, 1.807) is 21.1 Å². The van der Waals surface area contributed by atoms with Gasteiger partial charge < -0.3 is 9.80 Å². The first-order valence-corrected chi connectivity index (χ1v) is 8.50. The van der Waals surface area contributed by atoms with Gasteiger partial charge in [-0.3, -0.25) is 9.59 Å². The number of rotatable bonds is 5. The van der Waals surface area contributed by atoms with Gasteiger partial charge in [0.15, 0.2) is 0 Å². The lowest BCUT2D eigenvalue weighted by Gasteiger charge is -2.19. The van der Waals surface area contributed by atoms with Crippen molar-refractivity contribution in [3.63, 3.8) is 0 Å². The lowest BCUT2D eigenvalue weighted by atomic mass is 10.1. The Balaban J connectivity index is 2.06. The molecule has 0 aliphatic heterocycles. The molecule has 2 rings (SSSR count). The minimum Gasteiger partial charge on any atom is -0.347 e. The van der Waals surface area contributed by atoms with Crippen LogP contribution in [0.3, 0.4) is 0 Å². The zero-order chi connectivity index (χ0) is 17.0. The van der Waals surface area contributed by atoms with Crippen LogP contribution >= 0.6 is 23.4 Å². The molecule has 0 aliphatic rings. The van der Waals surface area contributed by atoms with E-state index in [0.29, 0.717) is 5.02 Å². The Bertz CT molecular complexity index is 728. The van der Waals surface area contributed by atoms with Gasteiger partial charge in [0.05, 0.1) is 12.3 Å². The zero-order valence-corrected chi connectivity index (χ0v) is 14.9. The van der Waals surface area contributed by atoms with E-state index >= 15 is 0 Å². The van der Waals surface area contributed by atoms with Gasteiger partial charge in [-0.05, 0) is 17.5 Å². The van der Waals surface area contributed by atoms with Crippen LogP contribution in [0.5, 0.6) is 0 Å². The number of benzene rings is 2. The van der Waals surface area contributed by atoms with E-state index in [1.165, 1.54) is 21.6 Å². The van der Waals surface area contributed by atoms with Crippen LogP contribution in [0, 0.1) is 0 Å². The molecule has 0 aliphatic carbocycles. The molecule has 2 amide bonds. The van der Waals surface area contributed by atoms with Gasteiger partial charge in [-0.15, -0.1) is 11.8 Å². The molecule has 0 heterocycles. The van der Waals surface area contributed by atoms with Gasteiger partial charge >= 0.3 is 0 Å². The predicted molar refractivity (Wildman–Crippen MR) is 96.0 cm³/mol. The van der Waals surface area contributed by atoms with Crippen LogP contribution < -0.4 is 0 Å². The molecule has 122 valence electrons. The highest BCUT2D eigenvalue weighted by molar-refractivity contribution is 8.00. The van der Waals surface area contributed by atoms with Gasteiger partial charge in [-0.2, -0.15) is 0 Å². The number of carbonyl (C=O) groups excluding carboxylic acids is 2. The highest BCUT2D eigenvalue weighted by Gasteiger charge is 2.15. The van der Waals surface area contributed by atoms with Crippen LogP contribution in [0.4, 0.5) is 0 Å². The van der Waals surface area contributed by atoms with Crippen LogP contribution in [0.25, 0.3) is 10.8 Å². The Labute approximate surface area is 145 Å². The molecule has 0 spiro atoms. The molecule has 0 saturated heterocycles. The smallest absolute Gasteiger partial charge is 0.241 e. The molecule has 23 heavy (non-hydrogen) atoms. The third-order valence-electron chi connectivity index (χ3n) is 3.46. The Kier molecular flexibility index (Phi) is 5.91. The van der Waals surface area contributed by atoms with Crippen molar-refractivity contribution < 1.29 is 9.59 Å². The predicted octanol–water partition coefficient (Wildman–Crippen LogP) is 3.13. The third kappa shape index (κ3) is 4.39. The summed E-state index contributed by atoms with van der Waals surface area (Å²) < 4.78 is 0. The fourth-order valence-electron chi connectivity index (χ4n) is 2.06. The molecule has 0 bridgehead atoms. The second-order valence-electron chi connectivity index (χ2n) is 5.42. The maximum atomic E-state index is 12.2. The number of thioether (sulfide) groups is 1. The SMILES string of the molecule is CN(C)C(=O)CN(C)C(=O)CSc1cccc2cccc(Cl)c12. The molecular formula is C17H19ClN2O2S. The first-order valence-electron chi connectivity index (χ1n) is 7.14. The van der Waals surface area contributed by atoms with Crippen molar-refractivity contribution in [1.82, 2.24) is 9.80 Å². The first-order chi connectivity index (χ1) is 10.9. The number of carbonyl (C=O) groups is 2. The molecule has 0 aromatic heterocycles. The molecule has 2 aromatic carbocycles. The van der Waals surface area contributed by atoms with Gasteiger partial charge in [0.25, 0.3) is 0 Å². The Morgan fingerprint density at radius 1 is 1.04 bits per heavy atom. The molecule has 0 radical (unpaired) electrons. The van der Waals surface area contributed by atoms with Gasteiger partial charge in [0.1, 0.15) is 0 Å². The number of nitrogens with zero attached hydrogens (tertiary/aromatic N) is 2. The number of likely N-dealkylation sites (N-methyl/N-ethyl adjacent to an activating group) is 2. The largest absolute Gasteiger partial charge is 0.347 e. The van der Waals surface area contributed by atoms with Crippen molar-refractivity contribution in [3.05, 3.63) is 41.4 Å². The number of halogens is 1. The maximum Gasteiger partial charge on any atom is 0.241 e. The van der Waals surface area contributed by atoms with Gasteiger partial charge in [0.2, 0.25) is 11.8 Å². The van der Waals surface area contributed by atoms with Crippen molar-refractivity contribution >= 4 is 45.9 Å². The maximum absolute atomic E-state index is 12.2. The Hall–Kier alpha value is -1.72. The average Bonchev–Trinajstić information content (AvgIpc) is 2.52. The fraction of sp³-hybridized carbons (Fsp3) is 0.294. The summed E-state index contributed by atoms with van der Waals surface area (Å²) in [6, 6.07) is 11.6. The van der Waals surface area contributed by atoms with Crippen LogP contribution in [-0.2, 0) is 9.59 Å². The van der Waals surface area contributed by atoms with E-state index in [0.717, 1.165) is 15.7 Å². The van der Waals surface area contributed by atoms with Crippen molar-refractivity contribution in [2.45, 2.75) is 4.90 Å². The Morgan fingerprint density at radius 3 is 2.35 bits per heavy atom. The quantitative estimate of drug-likeness (QED) is 0.778. The first kappa shape index (κ1) is 17.6. The summed E-state index contributed by atoms with van der Waals surface area (Å²) in [6.07, 6.45) is 0. The standard InChI is InChI=1S/C17H19ClN2O2S/c1-19(2)15(21)10-20(3)16(22)11-23-14-9-5-7-12-6-4-8-13(18)17(12)14/h4-9H,10-11H2,1-3H3. The molecule has 4 nitrogen and oxygen atoms in total. The lowest BCUT2D eigenvalue weighted by Crippen LogP contribution is -2.38. The second-order valence-corrected chi connectivity index (χ2v) is 6.85. The van der Waals surface area contributed by atoms with Crippen LogP contribution in [-0.4, -0.2) is 55.1 Å². The van der Waals surface area contributed by atoms with Crippen molar-refractivity contribution in [2.75, 3.05) is 33.4 Å². The molecule has 0 atom stereocenters.